The number of hydrogen-bond donors (Lipinski definition) is 0. The number of thioether (sulfide) groups is 1. The number of hydrogen-bond acceptors (Lipinski definition) is 6. The van der Waals surface area contributed by atoms with Gasteiger partial charge in [-0.05, 0) is 69.2 Å². The van der Waals surface area contributed by atoms with E-state index in [0.29, 0.717) is 15.8 Å². The lowest BCUT2D eigenvalue weighted by atomic mass is 10.2. The monoisotopic (exact) mass is 458 g/mol. The van der Waals surface area contributed by atoms with Gasteiger partial charge in [0.25, 0.3) is 5.91 Å². The molecule has 0 saturated carbocycles. The molecule has 28 heavy (non-hydrogen) atoms. The molecule has 0 spiro atoms. The molecule has 144 valence electrons. The zero-order valence-electron chi connectivity index (χ0n) is 15.5. The number of carboxylic acids is 1. The largest absolute Gasteiger partial charge is 0.545 e. The molecule has 0 atom stereocenters. The molecule has 1 amide bonds. The van der Waals surface area contributed by atoms with E-state index in [1.165, 1.54) is 28.8 Å². The maximum absolute atomic E-state index is 12.6. The minimum absolute atomic E-state index is 0.0421. The lowest BCUT2D eigenvalue weighted by molar-refractivity contribution is -0.255. The molecule has 1 aliphatic rings. The fourth-order valence-corrected chi connectivity index (χ4v) is 4.33. The summed E-state index contributed by atoms with van der Waals surface area (Å²) in [7, 11) is 5.56. The fourth-order valence-electron chi connectivity index (χ4n) is 2.59. The van der Waals surface area contributed by atoms with Crippen LogP contribution in [-0.4, -0.2) is 43.1 Å². The van der Waals surface area contributed by atoms with Crippen LogP contribution in [0.4, 0.5) is 11.4 Å². The second-order valence-electron chi connectivity index (χ2n) is 6.31. The van der Waals surface area contributed by atoms with E-state index >= 15 is 0 Å². The van der Waals surface area contributed by atoms with E-state index in [1.807, 2.05) is 43.3 Å². The van der Waals surface area contributed by atoms with Crippen LogP contribution in [0.2, 0.25) is 0 Å². The van der Waals surface area contributed by atoms with Gasteiger partial charge in [-0.2, -0.15) is 0 Å². The van der Waals surface area contributed by atoms with E-state index in [9.17, 15) is 14.7 Å². The third kappa shape index (κ3) is 4.28. The average Bonchev–Trinajstić information content (AvgIpc) is 2.89. The molecule has 2 aromatic rings. The highest BCUT2D eigenvalue weighted by molar-refractivity contribution is 9.10. The van der Waals surface area contributed by atoms with Crippen LogP contribution in [0.3, 0.4) is 0 Å². The molecule has 1 heterocycles. The topological polar surface area (TPSA) is 76.0 Å². The Morgan fingerprint density at radius 2 is 2.00 bits per heavy atom. The number of carbonyl (C=O) groups excluding carboxylic acids is 2. The third-order valence-corrected chi connectivity index (χ3v) is 5.76. The number of benzene rings is 2. The van der Waals surface area contributed by atoms with Crippen molar-refractivity contribution in [3.05, 3.63) is 63.0 Å². The molecular weight excluding hydrogens is 442 g/mol. The third-order valence-electron chi connectivity index (χ3n) is 4.06. The van der Waals surface area contributed by atoms with Crippen LogP contribution < -0.4 is 10.0 Å². The highest BCUT2D eigenvalue weighted by Crippen LogP contribution is 2.34. The summed E-state index contributed by atoms with van der Waals surface area (Å²) >= 11 is 4.79. The Kier molecular flexibility index (Phi) is 5.90. The van der Waals surface area contributed by atoms with Crippen molar-refractivity contribution in [1.29, 1.82) is 0 Å². The minimum atomic E-state index is -1.27. The van der Waals surface area contributed by atoms with Crippen molar-refractivity contribution < 1.29 is 14.7 Å². The number of amides is 1. The summed E-state index contributed by atoms with van der Waals surface area (Å²) in [4.78, 5) is 32.0. The molecule has 3 rings (SSSR count). The molecule has 1 saturated heterocycles. The van der Waals surface area contributed by atoms with E-state index in [4.69, 9.17) is 0 Å². The molecule has 0 radical (unpaired) electrons. The number of carboxylic acid groups (broad SMARTS) is 1. The van der Waals surface area contributed by atoms with Crippen molar-refractivity contribution in [1.82, 2.24) is 4.90 Å². The quantitative estimate of drug-likeness (QED) is 0.657. The summed E-state index contributed by atoms with van der Waals surface area (Å²) in [5.41, 5.74) is 2.42. The number of rotatable bonds is 4. The molecule has 1 fully saturated rings. The SMILES string of the molecule is CN1C(=O)/C(=C/c2ccc(N(C)C)c(Br)c2)SC1=Nc1cccc(C(=O)[O-])c1. The summed E-state index contributed by atoms with van der Waals surface area (Å²) in [5, 5.41) is 11.5. The second-order valence-corrected chi connectivity index (χ2v) is 8.18. The normalized spacial score (nSPS) is 16.9. The van der Waals surface area contributed by atoms with Crippen LogP contribution in [0.5, 0.6) is 0 Å². The van der Waals surface area contributed by atoms with E-state index in [-0.39, 0.29) is 11.5 Å². The van der Waals surface area contributed by atoms with Crippen LogP contribution in [0.1, 0.15) is 15.9 Å². The van der Waals surface area contributed by atoms with Crippen molar-refractivity contribution in [2.75, 3.05) is 26.0 Å². The van der Waals surface area contributed by atoms with Crippen molar-refractivity contribution in [2.24, 2.45) is 4.99 Å². The van der Waals surface area contributed by atoms with Crippen molar-refractivity contribution in [3.8, 4) is 0 Å². The molecular formula is C20H17BrN3O3S-. The van der Waals surface area contributed by atoms with Gasteiger partial charge in [-0.1, -0.05) is 18.2 Å². The van der Waals surface area contributed by atoms with Gasteiger partial charge in [0.1, 0.15) is 0 Å². The molecule has 0 aromatic heterocycles. The van der Waals surface area contributed by atoms with Crippen molar-refractivity contribution >= 4 is 62.2 Å². The molecule has 8 heteroatoms. The Bertz CT molecular complexity index is 1020. The van der Waals surface area contributed by atoms with Crippen LogP contribution in [-0.2, 0) is 4.79 Å². The van der Waals surface area contributed by atoms with Gasteiger partial charge < -0.3 is 14.8 Å². The number of nitrogens with zero attached hydrogens (tertiary/aromatic N) is 3. The predicted octanol–water partition coefficient (Wildman–Crippen LogP) is 3.11. The van der Waals surface area contributed by atoms with E-state index in [2.05, 4.69) is 20.9 Å². The van der Waals surface area contributed by atoms with E-state index in [0.717, 1.165) is 15.7 Å². The van der Waals surface area contributed by atoms with Gasteiger partial charge in [-0.15, -0.1) is 0 Å². The maximum atomic E-state index is 12.6. The lowest BCUT2D eigenvalue weighted by Gasteiger charge is -2.14. The number of likely N-dealkylation sites (N-methyl/N-ethyl adjacent to an activating group) is 1. The molecule has 0 unspecified atom stereocenters. The first-order valence-corrected chi connectivity index (χ1v) is 9.92. The van der Waals surface area contributed by atoms with E-state index < -0.39 is 5.97 Å². The van der Waals surface area contributed by atoms with Crippen LogP contribution in [0.25, 0.3) is 6.08 Å². The zero-order chi connectivity index (χ0) is 20.4. The standard InChI is InChI=1S/C20H18BrN3O3S/c1-23(2)16-8-7-12(9-15(16)21)10-17-18(25)24(3)20(28-17)22-14-6-4-5-13(11-14)19(26)27/h4-11H,1-3H3,(H,26,27)/p-1/b17-10-,22-20?. The molecule has 2 aromatic carbocycles. The first-order valence-electron chi connectivity index (χ1n) is 8.31. The number of amidine groups is 1. The zero-order valence-corrected chi connectivity index (χ0v) is 17.9. The summed E-state index contributed by atoms with van der Waals surface area (Å²) in [6.07, 6.45) is 1.81. The van der Waals surface area contributed by atoms with Crippen molar-refractivity contribution in [3.63, 3.8) is 0 Å². The second kappa shape index (κ2) is 8.20. The Morgan fingerprint density at radius 1 is 1.25 bits per heavy atom. The number of aromatic carboxylic acids is 1. The molecule has 0 N–H and O–H groups in total. The molecule has 6 nitrogen and oxygen atoms in total. The minimum Gasteiger partial charge on any atom is -0.545 e. The molecule has 1 aliphatic heterocycles. The highest BCUT2D eigenvalue weighted by atomic mass is 79.9. The number of carbonyl (C=O) groups is 2. The highest BCUT2D eigenvalue weighted by Gasteiger charge is 2.30. The first kappa shape index (κ1) is 20.2. The number of aliphatic imine (C=N–C) groups is 1. The summed E-state index contributed by atoms with van der Waals surface area (Å²) in [6, 6.07) is 12.0. The summed E-state index contributed by atoms with van der Waals surface area (Å²) in [5.74, 6) is -1.43. The Balaban J connectivity index is 1.89. The Morgan fingerprint density at radius 3 is 2.64 bits per heavy atom. The van der Waals surface area contributed by atoms with Gasteiger partial charge in [0.15, 0.2) is 5.17 Å². The summed E-state index contributed by atoms with van der Waals surface area (Å²) < 4.78 is 0.934. The van der Waals surface area contributed by atoms with E-state index in [1.54, 1.807) is 19.2 Å². The Hall–Kier alpha value is -2.58. The average molecular weight is 459 g/mol. The Labute approximate surface area is 175 Å². The van der Waals surface area contributed by atoms with Crippen LogP contribution >= 0.6 is 27.7 Å². The van der Waals surface area contributed by atoms with Crippen LogP contribution in [0, 0.1) is 0 Å². The molecule has 0 bridgehead atoms. The van der Waals surface area contributed by atoms with Gasteiger partial charge in [0.05, 0.1) is 22.2 Å². The van der Waals surface area contributed by atoms with Crippen molar-refractivity contribution in [2.45, 2.75) is 0 Å². The molecule has 0 aliphatic carbocycles. The van der Waals surface area contributed by atoms with Gasteiger partial charge in [-0.25, -0.2) is 4.99 Å². The first-order chi connectivity index (χ1) is 13.3. The van der Waals surface area contributed by atoms with Crippen LogP contribution in [0.15, 0.2) is 56.8 Å². The predicted molar refractivity (Wildman–Crippen MR) is 115 cm³/mol. The lowest BCUT2D eigenvalue weighted by Crippen LogP contribution is -2.23. The van der Waals surface area contributed by atoms with Gasteiger partial charge in [0, 0.05) is 25.6 Å². The summed E-state index contributed by atoms with van der Waals surface area (Å²) in [6.45, 7) is 0. The maximum Gasteiger partial charge on any atom is 0.266 e. The number of anilines is 1. The van der Waals surface area contributed by atoms with Gasteiger partial charge >= 0.3 is 0 Å². The fraction of sp³-hybridized carbons (Fsp3) is 0.150. The smallest absolute Gasteiger partial charge is 0.266 e. The number of halogens is 1. The van der Waals surface area contributed by atoms with Gasteiger partial charge in [-0.3, -0.25) is 9.69 Å². The van der Waals surface area contributed by atoms with Gasteiger partial charge in [0.2, 0.25) is 0 Å².